The van der Waals surface area contributed by atoms with Gasteiger partial charge < -0.3 is 10.6 Å². The van der Waals surface area contributed by atoms with E-state index in [1.165, 1.54) is 19.3 Å². The number of hydrogen-bond acceptors (Lipinski definition) is 2. The maximum absolute atomic E-state index is 12.1. The molecule has 0 aliphatic heterocycles. The number of nitrogens with one attached hydrogen (secondary N) is 2. The highest BCUT2D eigenvalue weighted by Crippen LogP contribution is 2.30. The number of carbonyl (C=O) groups excluding carboxylic acids is 2. The van der Waals surface area contributed by atoms with Crippen LogP contribution in [0.1, 0.15) is 78.1 Å². The first-order valence-corrected chi connectivity index (χ1v) is 9.21. The Labute approximate surface area is 135 Å². The molecule has 1 saturated carbocycles. The fraction of sp³-hybridized carbons (Fsp3) is 0.889. The van der Waals surface area contributed by atoms with Crippen molar-refractivity contribution >= 4 is 11.8 Å². The summed E-state index contributed by atoms with van der Waals surface area (Å²) < 4.78 is 0. The molecule has 1 fully saturated rings. The summed E-state index contributed by atoms with van der Waals surface area (Å²) >= 11 is 0. The fourth-order valence-corrected chi connectivity index (χ4v) is 3.09. The summed E-state index contributed by atoms with van der Waals surface area (Å²) in [6, 6.07) is 0. The molecule has 0 radical (unpaired) electrons. The highest BCUT2D eigenvalue weighted by Gasteiger charge is 2.24. The van der Waals surface area contributed by atoms with E-state index < -0.39 is 0 Å². The van der Waals surface area contributed by atoms with Gasteiger partial charge in [0.05, 0.1) is 0 Å². The van der Waals surface area contributed by atoms with E-state index in [0.717, 1.165) is 57.5 Å². The number of rotatable bonds is 10. The summed E-state index contributed by atoms with van der Waals surface area (Å²) in [6.45, 7) is 5.79. The van der Waals surface area contributed by atoms with Crippen molar-refractivity contribution in [3.05, 3.63) is 0 Å². The third-order valence-corrected chi connectivity index (χ3v) is 4.78. The van der Waals surface area contributed by atoms with Crippen molar-refractivity contribution in [3.63, 3.8) is 0 Å². The molecule has 1 rings (SSSR count). The van der Waals surface area contributed by atoms with Crippen LogP contribution in [0.5, 0.6) is 0 Å². The van der Waals surface area contributed by atoms with Gasteiger partial charge in [0.15, 0.2) is 0 Å². The van der Waals surface area contributed by atoms with E-state index in [4.69, 9.17) is 0 Å². The molecule has 0 aromatic heterocycles. The second-order valence-electron chi connectivity index (χ2n) is 6.58. The van der Waals surface area contributed by atoms with Crippen LogP contribution in [0.2, 0.25) is 0 Å². The van der Waals surface area contributed by atoms with E-state index in [-0.39, 0.29) is 17.7 Å². The zero-order valence-corrected chi connectivity index (χ0v) is 14.5. The average Bonchev–Trinajstić information content (AvgIpc) is 2.55. The van der Waals surface area contributed by atoms with E-state index >= 15 is 0 Å². The lowest BCUT2D eigenvalue weighted by atomic mass is 9.80. The minimum absolute atomic E-state index is 0.151. The van der Waals surface area contributed by atoms with Crippen molar-refractivity contribution < 1.29 is 9.59 Å². The molecule has 1 aliphatic rings. The second kappa shape index (κ2) is 11.5. The van der Waals surface area contributed by atoms with Gasteiger partial charge >= 0.3 is 0 Å². The first-order chi connectivity index (χ1) is 10.7. The lowest BCUT2D eigenvalue weighted by Crippen LogP contribution is -2.34. The zero-order valence-electron chi connectivity index (χ0n) is 14.5. The third kappa shape index (κ3) is 7.81. The number of unbranched alkanes of at least 4 members (excludes halogenated alkanes) is 2. The Hall–Kier alpha value is -1.06. The van der Waals surface area contributed by atoms with Crippen molar-refractivity contribution in [3.8, 4) is 0 Å². The predicted molar refractivity (Wildman–Crippen MR) is 90.5 cm³/mol. The minimum atomic E-state index is 0.151. The Morgan fingerprint density at radius 1 is 0.909 bits per heavy atom. The average molecular weight is 310 g/mol. The Morgan fingerprint density at radius 2 is 1.55 bits per heavy atom. The summed E-state index contributed by atoms with van der Waals surface area (Å²) in [4.78, 5) is 23.5. The third-order valence-electron chi connectivity index (χ3n) is 4.78. The molecule has 0 unspecified atom stereocenters. The summed E-state index contributed by atoms with van der Waals surface area (Å²) in [7, 11) is 0. The molecule has 0 aromatic rings. The molecule has 0 heterocycles. The number of amides is 2. The molecule has 0 aromatic carbocycles. The van der Waals surface area contributed by atoms with Crippen LogP contribution in [-0.4, -0.2) is 24.9 Å². The molecule has 1 aliphatic carbocycles. The molecule has 4 heteroatoms. The normalized spacial score (nSPS) is 21.4. The van der Waals surface area contributed by atoms with Gasteiger partial charge in [-0.15, -0.1) is 0 Å². The maximum atomic E-state index is 12.1. The van der Waals surface area contributed by atoms with Crippen molar-refractivity contribution in [2.45, 2.75) is 78.1 Å². The van der Waals surface area contributed by atoms with Crippen molar-refractivity contribution in [1.82, 2.24) is 10.6 Å². The van der Waals surface area contributed by atoms with Gasteiger partial charge in [-0.1, -0.05) is 26.7 Å². The smallest absolute Gasteiger partial charge is 0.223 e. The van der Waals surface area contributed by atoms with Crippen LogP contribution in [-0.2, 0) is 9.59 Å². The Morgan fingerprint density at radius 3 is 2.14 bits per heavy atom. The SMILES string of the molecule is CCCCC(=O)NCCCCNC(=O)C1CCC(CC)CC1. The molecule has 0 atom stereocenters. The number of hydrogen-bond donors (Lipinski definition) is 2. The highest BCUT2D eigenvalue weighted by molar-refractivity contribution is 5.78. The Kier molecular flexibility index (Phi) is 9.93. The van der Waals surface area contributed by atoms with Crippen molar-refractivity contribution in [2.75, 3.05) is 13.1 Å². The van der Waals surface area contributed by atoms with Gasteiger partial charge in [-0.3, -0.25) is 9.59 Å². The summed E-state index contributed by atoms with van der Waals surface area (Å²) in [5.74, 6) is 1.46. The maximum Gasteiger partial charge on any atom is 0.223 e. The van der Waals surface area contributed by atoms with Crippen molar-refractivity contribution in [2.24, 2.45) is 11.8 Å². The molecule has 2 amide bonds. The number of carbonyl (C=O) groups is 2. The van der Waals surface area contributed by atoms with Gasteiger partial charge in [0.25, 0.3) is 0 Å². The summed E-state index contributed by atoms with van der Waals surface area (Å²) in [5.41, 5.74) is 0. The first-order valence-electron chi connectivity index (χ1n) is 9.21. The molecule has 128 valence electrons. The standard InChI is InChI=1S/C18H34N2O2/c1-3-5-8-17(21)19-13-6-7-14-20-18(22)16-11-9-15(4-2)10-12-16/h15-16H,3-14H2,1-2H3,(H,19,21)(H,20,22). The largest absolute Gasteiger partial charge is 0.356 e. The summed E-state index contributed by atoms with van der Waals surface area (Å²) in [5, 5.41) is 5.98. The van der Waals surface area contributed by atoms with Crippen molar-refractivity contribution in [1.29, 1.82) is 0 Å². The van der Waals surface area contributed by atoms with Gasteiger partial charge in [-0.2, -0.15) is 0 Å². The quantitative estimate of drug-likeness (QED) is 0.608. The van der Waals surface area contributed by atoms with E-state index in [0.29, 0.717) is 6.42 Å². The van der Waals surface area contributed by atoms with Crippen LogP contribution < -0.4 is 10.6 Å². The monoisotopic (exact) mass is 310 g/mol. The summed E-state index contributed by atoms with van der Waals surface area (Å²) in [6.07, 6.45) is 10.3. The molecular weight excluding hydrogens is 276 g/mol. The van der Waals surface area contributed by atoms with E-state index in [2.05, 4.69) is 24.5 Å². The molecule has 22 heavy (non-hydrogen) atoms. The molecule has 0 bridgehead atoms. The van der Waals surface area contributed by atoms with Crippen LogP contribution in [0, 0.1) is 11.8 Å². The fourth-order valence-electron chi connectivity index (χ4n) is 3.09. The molecule has 0 saturated heterocycles. The minimum Gasteiger partial charge on any atom is -0.356 e. The van der Waals surface area contributed by atoms with Gasteiger partial charge in [0.2, 0.25) is 11.8 Å². The molecule has 2 N–H and O–H groups in total. The van der Waals surface area contributed by atoms with Crippen LogP contribution in [0.3, 0.4) is 0 Å². The zero-order chi connectivity index (χ0) is 16.2. The van der Waals surface area contributed by atoms with Crippen LogP contribution in [0.4, 0.5) is 0 Å². The Bertz CT molecular complexity index is 323. The highest BCUT2D eigenvalue weighted by atomic mass is 16.2. The lowest BCUT2D eigenvalue weighted by Gasteiger charge is -2.26. The Balaban J connectivity index is 1.98. The first kappa shape index (κ1) is 19.0. The van der Waals surface area contributed by atoms with Crippen LogP contribution in [0.15, 0.2) is 0 Å². The van der Waals surface area contributed by atoms with E-state index in [1.807, 2.05) is 0 Å². The van der Waals surface area contributed by atoms with E-state index in [9.17, 15) is 9.59 Å². The van der Waals surface area contributed by atoms with Gasteiger partial charge in [0.1, 0.15) is 0 Å². The predicted octanol–water partition coefficient (Wildman–Crippen LogP) is 3.41. The van der Waals surface area contributed by atoms with E-state index in [1.54, 1.807) is 0 Å². The molecule has 4 nitrogen and oxygen atoms in total. The van der Waals surface area contributed by atoms with Gasteiger partial charge in [-0.25, -0.2) is 0 Å². The molecular formula is C18H34N2O2. The van der Waals surface area contributed by atoms with Crippen LogP contribution >= 0.6 is 0 Å². The van der Waals surface area contributed by atoms with Gasteiger partial charge in [-0.05, 0) is 50.9 Å². The van der Waals surface area contributed by atoms with Gasteiger partial charge in [0, 0.05) is 25.4 Å². The van der Waals surface area contributed by atoms with Crippen LogP contribution in [0.25, 0.3) is 0 Å². The second-order valence-corrected chi connectivity index (χ2v) is 6.58. The molecule has 0 spiro atoms. The topological polar surface area (TPSA) is 58.2 Å². The lowest BCUT2D eigenvalue weighted by molar-refractivity contribution is -0.126.